The molecule has 0 amide bonds. The first-order chi connectivity index (χ1) is 7.63. The van der Waals surface area contributed by atoms with Crippen LogP contribution < -0.4 is 4.74 Å². The minimum atomic E-state index is 0.687. The molecule has 0 aromatic heterocycles. The average molecular weight is 334 g/mol. The van der Waals surface area contributed by atoms with E-state index in [1.807, 2.05) is 6.07 Å². The fourth-order valence-corrected chi connectivity index (χ4v) is 2.11. The Balaban J connectivity index is 2.40. The first-order valence-corrected chi connectivity index (χ1v) is 6.61. The second-order valence-corrected chi connectivity index (χ2v) is 5.37. The van der Waals surface area contributed by atoms with Gasteiger partial charge in [0.2, 0.25) is 0 Å². The Labute approximate surface area is 111 Å². The maximum absolute atomic E-state index is 5.61. The fourth-order valence-electron chi connectivity index (χ4n) is 1.31. The minimum absolute atomic E-state index is 0.687. The second kappa shape index (κ2) is 7.12. The quantitative estimate of drug-likeness (QED) is 0.581. The molecule has 90 valence electrons. The van der Waals surface area contributed by atoms with Crippen LogP contribution in [0.3, 0.4) is 0 Å². The summed E-state index contributed by atoms with van der Waals surface area (Å²) < 4.78 is 12.0. The molecule has 0 saturated heterocycles. The maximum Gasteiger partial charge on any atom is 0.132 e. The summed E-state index contributed by atoms with van der Waals surface area (Å²) in [6.07, 6.45) is 1.12. The largest absolute Gasteiger partial charge is 0.496 e. The molecule has 0 atom stereocenters. The van der Waals surface area contributed by atoms with Gasteiger partial charge in [0.25, 0.3) is 0 Å². The maximum atomic E-state index is 5.61. The molecular formula is C13H19IO2. The molecule has 0 heterocycles. The normalized spacial score (nSPS) is 10.8. The summed E-state index contributed by atoms with van der Waals surface area (Å²) in [5, 5.41) is 0. The Kier molecular flexibility index (Phi) is 6.13. The third-order valence-electron chi connectivity index (χ3n) is 2.32. The van der Waals surface area contributed by atoms with Crippen LogP contribution in [0.1, 0.15) is 25.8 Å². The van der Waals surface area contributed by atoms with Gasteiger partial charge in [-0.1, -0.05) is 19.9 Å². The Morgan fingerprint density at radius 3 is 2.62 bits per heavy atom. The second-order valence-electron chi connectivity index (χ2n) is 4.20. The number of ether oxygens (including phenoxy) is 2. The summed E-state index contributed by atoms with van der Waals surface area (Å²) in [7, 11) is 1.69. The van der Waals surface area contributed by atoms with E-state index in [9.17, 15) is 0 Å². The number of methoxy groups -OCH3 is 1. The number of hydrogen-bond acceptors (Lipinski definition) is 2. The standard InChI is InChI=1S/C13H19IO2/c1-10(2)6-7-16-9-11-4-5-13(15-3)12(14)8-11/h4-5,8,10H,6-7,9H2,1-3H3. The summed E-state index contributed by atoms with van der Waals surface area (Å²) in [5.74, 6) is 1.63. The SMILES string of the molecule is COc1ccc(COCCC(C)C)cc1I. The van der Waals surface area contributed by atoms with Crippen molar-refractivity contribution in [3.05, 3.63) is 27.3 Å². The monoisotopic (exact) mass is 334 g/mol. The van der Waals surface area contributed by atoms with Crippen molar-refractivity contribution >= 4 is 22.6 Å². The van der Waals surface area contributed by atoms with Crippen molar-refractivity contribution < 1.29 is 9.47 Å². The number of rotatable bonds is 6. The van der Waals surface area contributed by atoms with E-state index < -0.39 is 0 Å². The number of halogens is 1. The van der Waals surface area contributed by atoms with Crippen molar-refractivity contribution in [2.24, 2.45) is 5.92 Å². The lowest BCUT2D eigenvalue weighted by molar-refractivity contribution is 0.110. The Morgan fingerprint density at radius 1 is 1.31 bits per heavy atom. The van der Waals surface area contributed by atoms with E-state index in [4.69, 9.17) is 9.47 Å². The predicted molar refractivity (Wildman–Crippen MR) is 74.8 cm³/mol. The zero-order valence-corrected chi connectivity index (χ0v) is 12.3. The zero-order valence-electron chi connectivity index (χ0n) is 10.1. The van der Waals surface area contributed by atoms with E-state index in [0.717, 1.165) is 22.3 Å². The van der Waals surface area contributed by atoms with E-state index in [1.165, 1.54) is 5.56 Å². The molecule has 0 saturated carbocycles. The molecule has 16 heavy (non-hydrogen) atoms. The molecule has 0 aliphatic heterocycles. The third kappa shape index (κ3) is 4.70. The third-order valence-corrected chi connectivity index (χ3v) is 3.17. The molecule has 0 aliphatic carbocycles. The highest BCUT2D eigenvalue weighted by atomic mass is 127. The van der Waals surface area contributed by atoms with Gasteiger partial charge in [-0.05, 0) is 52.6 Å². The van der Waals surface area contributed by atoms with Crippen LogP contribution in [0.5, 0.6) is 5.75 Å². The highest BCUT2D eigenvalue weighted by molar-refractivity contribution is 14.1. The van der Waals surface area contributed by atoms with Crippen LogP contribution in [0, 0.1) is 9.49 Å². The molecule has 0 spiro atoms. The van der Waals surface area contributed by atoms with Gasteiger partial charge < -0.3 is 9.47 Å². The molecule has 0 aliphatic rings. The van der Waals surface area contributed by atoms with Crippen LogP contribution in [0.4, 0.5) is 0 Å². The molecule has 0 unspecified atom stereocenters. The summed E-state index contributed by atoms with van der Waals surface area (Å²) in [5.41, 5.74) is 1.20. The molecule has 3 heteroatoms. The van der Waals surface area contributed by atoms with Gasteiger partial charge in [0, 0.05) is 6.61 Å². The van der Waals surface area contributed by atoms with Crippen molar-refractivity contribution in [3.63, 3.8) is 0 Å². The van der Waals surface area contributed by atoms with Crippen LogP contribution in [0.15, 0.2) is 18.2 Å². The van der Waals surface area contributed by atoms with E-state index in [2.05, 4.69) is 48.6 Å². The Morgan fingerprint density at radius 2 is 2.06 bits per heavy atom. The summed E-state index contributed by atoms with van der Waals surface area (Å²) in [6, 6.07) is 6.15. The van der Waals surface area contributed by atoms with Crippen LogP contribution in [0.25, 0.3) is 0 Å². The molecule has 1 aromatic rings. The van der Waals surface area contributed by atoms with E-state index in [-0.39, 0.29) is 0 Å². The highest BCUT2D eigenvalue weighted by Gasteiger charge is 2.01. The van der Waals surface area contributed by atoms with Crippen molar-refractivity contribution in [2.45, 2.75) is 26.9 Å². The lowest BCUT2D eigenvalue weighted by Gasteiger charge is -2.08. The van der Waals surface area contributed by atoms with Crippen molar-refractivity contribution in [3.8, 4) is 5.75 Å². The summed E-state index contributed by atoms with van der Waals surface area (Å²) in [6.45, 7) is 5.94. The Bertz CT molecular complexity index is 324. The van der Waals surface area contributed by atoms with Crippen molar-refractivity contribution in [2.75, 3.05) is 13.7 Å². The predicted octanol–water partition coefficient (Wildman–Crippen LogP) is 3.86. The van der Waals surface area contributed by atoms with E-state index in [0.29, 0.717) is 12.5 Å². The number of benzene rings is 1. The first kappa shape index (κ1) is 13.8. The van der Waals surface area contributed by atoms with E-state index >= 15 is 0 Å². The van der Waals surface area contributed by atoms with Crippen LogP contribution >= 0.6 is 22.6 Å². The van der Waals surface area contributed by atoms with Crippen LogP contribution in [-0.4, -0.2) is 13.7 Å². The molecule has 0 radical (unpaired) electrons. The van der Waals surface area contributed by atoms with Gasteiger partial charge in [-0.2, -0.15) is 0 Å². The average Bonchev–Trinajstić information content (AvgIpc) is 2.24. The first-order valence-electron chi connectivity index (χ1n) is 5.53. The molecule has 1 aromatic carbocycles. The van der Waals surface area contributed by atoms with E-state index in [1.54, 1.807) is 7.11 Å². The van der Waals surface area contributed by atoms with Crippen molar-refractivity contribution in [1.29, 1.82) is 0 Å². The molecule has 1 rings (SSSR count). The summed E-state index contributed by atoms with van der Waals surface area (Å²) >= 11 is 2.28. The van der Waals surface area contributed by atoms with Gasteiger partial charge in [-0.15, -0.1) is 0 Å². The van der Waals surface area contributed by atoms with Gasteiger partial charge in [0.15, 0.2) is 0 Å². The van der Waals surface area contributed by atoms with Crippen molar-refractivity contribution in [1.82, 2.24) is 0 Å². The molecule has 2 nitrogen and oxygen atoms in total. The fraction of sp³-hybridized carbons (Fsp3) is 0.538. The Hall–Kier alpha value is -0.290. The smallest absolute Gasteiger partial charge is 0.132 e. The summed E-state index contributed by atoms with van der Waals surface area (Å²) in [4.78, 5) is 0. The zero-order chi connectivity index (χ0) is 12.0. The topological polar surface area (TPSA) is 18.5 Å². The van der Waals surface area contributed by atoms with Gasteiger partial charge in [0.1, 0.15) is 5.75 Å². The minimum Gasteiger partial charge on any atom is -0.496 e. The molecule has 0 fully saturated rings. The molecule has 0 bridgehead atoms. The number of hydrogen-bond donors (Lipinski definition) is 0. The molecule has 0 N–H and O–H groups in total. The van der Waals surface area contributed by atoms with Gasteiger partial charge >= 0.3 is 0 Å². The lowest BCUT2D eigenvalue weighted by atomic mass is 10.1. The lowest BCUT2D eigenvalue weighted by Crippen LogP contribution is -1.99. The van der Waals surface area contributed by atoms with Crippen LogP contribution in [0.2, 0.25) is 0 Å². The van der Waals surface area contributed by atoms with Gasteiger partial charge in [-0.25, -0.2) is 0 Å². The van der Waals surface area contributed by atoms with Crippen LogP contribution in [-0.2, 0) is 11.3 Å². The van der Waals surface area contributed by atoms with Gasteiger partial charge in [0.05, 0.1) is 17.3 Å². The molecular weight excluding hydrogens is 315 g/mol. The van der Waals surface area contributed by atoms with Gasteiger partial charge in [-0.3, -0.25) is 0 Å². The highest BCUT2D eigenvalue weighted by Crippen LogP contribution is 2.21.